The minimum Gasteiger partial charge on any atom is -0.444 e. The predicted octanol–water partition coefficient (Wildman–Crippen LogP) is 5.43. The van der Waals surface area contributed by atoms with Gasteiger partial charge in [0.05, 0.1) is 28.9 Å². The number of aromatic nitrogens is 3. The fourth-order valence-electron chi connectivity index (χ4n) is 5.00. The second-order valence-corrected chi connectivity index (χ2v) is 10.8. The zero-order valence-electron chi connectivity index (χ0n) is 22.8. The average molecular weight is 530 g/mol. The highest BCUT2D eigenvalue weighted by Gasteiger charge is 2.27. The largest absolute Gasteiger partial charge is 0.444 e. The van der Waals surface area contributed by atoms with Gasteiger partial charge in [-0.05, 0) is 57.9 Å². The van der Waals surface area contributed by atoms with Crippen molar-refractivity contribution in [2.24, 2.45) is 0 Å². The summed E-state index contributed by atoms with van der Waals surface area (Å²) in [6, 6.07) is 11.0. The van der Waals surface area contributed by atoms with Gasteiger partial charge in [0.15, 0.2) is 0 Å². The van der Waals surface area contributed by atoms with Crippen LogP contribution >= 0.6 is 0 Å². The Hall–Kier alpha value is -4.39. The molecule has 4 aromatic rings. The van der Waals surface area contributed by atoms with E-state index in [1.807, 2.05) is 57.7 Å². The number of hydrogen-bond donors (Lipinski definition) is 1. The number of carbonyl (C=O) groups is 1. The molecule has 202 valence electrons. The highest BCUT2D eigenvalue weighted by molar-refractivity contribution is 5.94. The summed E-state index contributed by atoms with van der Waals surface area (Å²) >= 11 is 0. The Labute approximate surface area is 226 Å². The summed E-state index contributed by atoms with van der Waals surface area (Å²) in [4.78, 5) is 25.2. The Morgan fingerprint density at radius 3 is 2.64 bits per heavy atom. The molecule has 1 N–H and O–H groups in total. The first-order chi connectivity index (χ1) is 18.6. The maximum absolute atomic E-state index is 15.6. The molecule has 1 saturated heterocycles. The molecular formula is C29H32FN7O2. The molecule has 1 unspecified atom stereocenters. The lowest BCUT2D eigenvalue weighted by molar-refractivity contribution is 0.0240. The zero-order valence-corrected chi connectivity index (χ0v) is 22.8. The number of amides is 1. The molecule has 1 aliphatic heterocycles. The maximum atomic E-state index is 15.6. The van der Waals surface area contributed by atoms with Crippen LogP contribution in [0.4, 0.5) is 20.7 Å². The molecule has 1 aliphatic rings. The summed E-state index contributed by atoms with van der Waals surface area (Å²) in [6.07, 6.45) is 3.04. The van der Waals surface area contributed by atoms with Gasteiger partial charge in [-0.3, -0.25) is 4.40 Å². The van der Waals surface area contributed by atoms with Crippen LogP contribution in [-0.2, 0) is 4.74 Å². The highest BCUT2D eigenvalue weighted by Crippen LogP contribution is 2.33. The van der Waals surface area contributed by atoms with E-state index in [1.165, 1.54) is 6.07 Å². The molecule has 10 heteroatoms. The summed E-state index contributed by atoms with van der Waals surface area (Å²) in [7, 11) is 0. The van der Waals surface area contributed by atoms with Gasteiger partial charge in [0.1, 0.15) is 17.2 Å². The third kappa shape index (κ3) is 5.17. The van der Waals surface area contributed by atoms with Gasteiger partial charge in [0.2, 0.25) is 5.78 Å². The van der Waals surface area contributed by atoms with Gasteiger partial charge in [-0.15, -0.1) is 0 Å². The molecular weight excluding hydrogens is 497 g/mol. The Kier molecular flexibility index (Phi) is 6.76. The summed E-state index contributed by atoms with van der Waals surface area (Å²) in [6.45, 7) is 11.3. The van der Waals surface area contributed by atoms with Crippen molar-refractivity contribution in [3.63, 3.8) is 0 Å². The van der Waals surface area contributed by atoms with Crippen LogP contribution in [0.5, 0.6) is 0 Å². The molecule has 9 nitrogen and oxygen atoms in total. The first-order valence-corrected chi connectivity index (χ1v) is 13.0. The van der Waals surface area contributed by atoms with Gasteiger partial charge < -0.3 is 19.9 Å². The second-order valence-electron chi connectivity index (χ2n) is 10.8. The SMILES string of the molecule is Cc1c(C#N)cccc1C(C)Nc1nc2nccn2c2cc(F)c(N3CCN(C(=O)OC(C)(C)C)CC3)cc12. The minimum atomic E-state index is -0.570. The lowest BCUT2D eigenvalue weighted by Gasteiger charge is -2.37. The third-order valence-corrected chi connectivity index (χ3v) is 7.00. The number of nitriles is 1. The van der Waals surface area contributed by atoms with Gasteiger partial charge in [0, 0.05) is 50.0 Å². The maximum Gasteiger partial charge on any atom is 0.410 e. The van der Waals surface area contributed by atoms with Crippen LogP contribution in [-0.4, -0.2) is 57.1 Å². The molecule has 0 radical (unpaired) electrons. The normalized spacial score (nSPS) is 14.9. The number of piperazine rings is 1. The van der Waals surface area contributed by atoms with E-state index in [2.05, 4.69) is 16.4 Å². The minimum absolute atomic E-state index is 0.169. The Bertz CT molecular complexity index is 1590. The number of ether oxygens (including phenoxy) is 1. The molecule has 0 saturated carbocycles. The molecule has 0 aliphatic carbocycles. The molecule has 1 atom stereocenters. The molecule has 0 spiro atoms. The van der Waals surface area contributed by atoms with Gasteiger partial charge in [-0.2, -0.15) is 10.2 Å². The number of halogens is 1. The highest BCUT2D eigenvalue weighted by atomic mass is 19.1. The van der Waals surface area contributed by atoms with Crippen LogP contribution in [0.15, 0.2) is 42.7 Å². The first-order valence-electron chi connectivity index (χ1n) is 13.0. The van der Waals surface area contributed by atoms with Crippen molar-refractivity contribution in [2.45, 2.75) is 46.3 Å². The van der Waals surface area contributed by atoms with Gasteiger partial charge in [-0.25, -0.2) is 14.2 Å². The van der Waals surface area contributed by atoms with Gasteiger partial charge in [-0.1, -0.05) is 12.1 Å². The van der Waals surface area contributed by atoms with Crippen LogP contribution in [0.1, 0.15) is 50.4 Å². The number of benzene rings is 2. The zero-order chi connectivity index (χ0) is 27.9. The van der Waals surface area contributed by atoms with Crippen molar-refractivity contribution in [1.82, 2.24) is 19.3 Å². The smallest absolute Gasteiger partial charge is 0.410 e. The quantitative estimate of drug-likeness (QED) is 0.376. The second kappa shape index (κ2) is 10.1. The van der Waals surface area contributed by atoms with E-state index in [4.69, 9.17) is 9.72 Å². The van der Waals surface area contributed by atoms with Crippen molar-refractivity contribution >= 4 is 34.3 Å². The van der Waals surface area contributed by atoms with Crippen LogP contribution < -0.4 is 10.2 Å². The molecule has 5 rings (SSSR count). The van der Waals surface area contributed by atoms with Crippen molar-refractivity contribution in [3.05, 3.63) is 65.2 Å². The molecule has 3 heterocycles. The number of fused-ring (bicyclic) bond motifs is 3. The van der Waals surface area contributed by atoms with Crippen LogP contribution in [0.25, 0.3) is 16.7 Å². The monoisotopic (exact) mass is 529 g/mol. The van der Waals surface area contributed by atoms with Crippen LogP contribution in [0.2, 0.25) is 0 Å². The van der Waals surface area contributed by atoms with Crippen LogP contribution in [0, 0.1) is 24.1 Å². The summed E-state index contributed by atoms with van der Waals surface area (Å²) in [5.41, 5.74) is 3.03. The third-order valence-electron chi connectivity index (χ3n) is 7.00. The fraction of sp³-hybridized carbons (Fsp3) is 0.379. The van der Waals surface area contributed by atoms with E-state index < -0.39 is 5.60 Å². The van der Waals surface area contributed by atoms with E-state index >= 15 is 4.39 Å². The summed E-state index contributed by atoms with van der Waals surface area (Å²) in [5.74, 6) is 0.676. The Morgan fingerprint density at radius 1 is 1.21 bits per heavy atom. The number of nitrogens with one attached hydrogen (secondary N) is 1. The standard InChI is InChI=1S/C29H32FN7O2/c1-18-20(17-31)7-6-8-21(18)19(2)33-26-22-15-25(23(30)16-24(22)37-10-9-32-27(37)34-26)35-11-13-36(14-12-35)28(38)39-29(3,4)5/h6-10,15-16,19H,11-14H2,1-5H3,(H,32,33,34). The van der Waals surface area contributed by atoms with Gasteiger partial charge >= 0.3 is 6.09 Å². The number of carbonyl (C=O) groups excluding carboxylic acids is 1. The van der Waals surface area contributed by atoms with Crippen molar-refractivity contribution < 1.29 is 13.9 Å². The summed E-state index contributed by atoms with van der Waals surface area (Å²) in [5, 5.41) is 13.7. The molecule has 39 heavy (non-hydrogen) atoms. The van der Waals surface area contributed by atoms with Crippen molar-refractivity contribution in [1.29, 1.82) is 5.26 Å². The van der Waals surface area contributed by atoms with E-state index in [0.717, 1.165) is 16.5 Å². The molecule has 2 aromatic heterocycles. The lowest BCUT2D eigenvalue weighted by atomic mass is 9.98. The summed E-state index contributed by atoms with van der Waals surface area (Å²) < 4.78 is 22.8. The number of imidazole rings is 1. The number of hydrogen-bond acceptors (Lipinski definition) is 7. The Morgan fingerprint density at radius 2 is 1.95 bits per heavy atom. The Balaban J connectivity index is 1.48. The number of rotatable bonds is 4. The van der Waals surface area contributed by atoms with Crippen molar-refractivity contribution in [3.8, 4) is 6.07 Å². The molecule has 1 fully saturated rings. The number of anilines is 2. The van der Waals surface area contributed by atoms with Crippen LogP contribution in [0.3, 0.4) is 0 Å². The fourth-order valence-corrected chi connectivity index (χ4v) is 5.00. The molecule has 0 bridgehead atoms. The van der Waals surface area contributed by atoms with E-state index in [9.17, 15) is 10.1 Å². The molecule has 1 amide bonds. The average Bonchev–Trinajstić information content (AvgIpc) is 3.36. The van der Waals surface area contributed by atoms with Gasteiger partial charge in [0.25, 0.3) is 0 Å². The number of nitrogens with zero attached hydrogens (tertiary/aromatic N) is 6. The van der Waals surface area contributed by atoms with E-state index in [0.29, 0.717) is 54.5 Å². The predicted molar refractivity (Wildman–Crippen MR) is 148 cm³/mol. The topological polar surface area (TPSA) is 98.8 Å². The molecule has 2 aromatic carbocycles. The lowest BCUT2D eigenvalue weighted by Crippen LogP contribution is -2.50. The first kappa shape index (κ1) is 26.2. The van der Waals surface area contributed by atoms with Crippen molar-refractivity contribution in [2.75, 3.05) is 36.4 Å². The van der Waals surface area contributed by atoms with E-state index in [-0.39, 0.29) is 18.0 Å². The van der Waals surface area contributed by atoms with E-state index in [1.54, 1.807) is 27.8 Å².